The predicted molar refractivity (Wildman–Crippen MR) is 51.6 cm³/mol. The number of hydrogen-bond donors (Lipinski definition) is 2. The van der Waals surface area contributed by atoms with Crippen LogP contribution >= 0.6 is 0 Å². The number of aromatic nitrogens is 2. The smallest absolute Gasteiger partial charge is 0.148 e. The van der Waals surface area contributed by atoms with E-state index in [9.17, 15) is 0 Å². The molecule has 0 fully saturated rings. The Balaban J connectivity index is 2.82. The molecule has 12 heavy (non-hydrogen) atoms. The molecule has 0 radical (unpaired) electrons. The fraction of sp³-hybridized carbons (Fsp3) is 0.222. The normalized spacial score (nSPS) is 11.8. The fourth-order valence-electron chi connectivity index (χ4n) is 0.851. The molecule has 64 valence electrons. The monoisotopic (exact) mass is 163 g/mol. The lowest BCUT2D eigenvalue weighted by Gasteiger charge is -1.87. The van der Waals surface area contributed by atoms with Gasteiger partial charge in [0, 0.05) is 5.56 Å². The molecule has 0 unspecified atom stereocenters. The molecular weight excluding hydrogens is 150 g/mol. The summed E-state index contributed by atoms with van der Waals surface area (Å²) in [6.45, 7) is 3.91. The fourth-order valence-corrected chi connectivity index (χ4v) is 0.851. The van der Waals surface area contributed by atoms with E-state index in [1.54, 1.807) is 0 Å². The zero-order valence-corrected chi connectivity index (χ0v) is 7.33. The van der Waals surface area contributed by atoms with Crippen molar-refractivity contribution < 1.29 is 0 Å². The molecule has 1 heterocycles. The van der Waals surface area contributed by atoms with Crippen LogP contribution in [-0.2, 0) is 0 Å². The summed E-state index contributed by atoms with van der Waals surface area (Å²) < 4.78 is 0. The van der Waals surface area contributed by atoms with Crippen molar-refractivity contribution in [3.05, 3.63) is 29.5 Å². The number of nitrogens with two attached hydrogens (primary N) is 1. The Morgan fingerprint density at radius 3 is 2.67 bits per heavy atom. The molecule has 0 bridgehead atoms. The molecule has 0 saturated heterocycles. The first-order valence-electron chi connectivity index (χ1n) is 3.85. The molecule has 1 rings (SSSR count). The minimum absolute atomic E-state index is 0.565. The van der Waals surface area contributed by atoms with E-state index in [0.717, 1.165) is 11.3 Å². The standard InChI is InChI=1S/C9H13N3/c1-3-4-5-6-8-7(2)9(10)12-11-8/h3-6H,1-2H3,(H3,10,11,12)/b4-3-,6-5-. The maximum Gasteiger partial charge on any atom is 0.148 e. The molecule has 3 N–H and O–H groups in total. The highest BCUT2D eigenvalue weighted by Gasteiger charge is 2.00. The van der Waals surface area contributed by atoms with E-state index in [1.807, 2.05) is 38.2 Å². The average molecular weight is 163 g/mol. The maximum atomic E-state index is 5.55. The lowest BCUT2D eigenvalue weighted by atomic mass is 10.2. The summed E-state index contributed by atoms with van der Waals surface area (Å²) in [4.78, 5) is 0. The van der Waals surface area contributed by atoms with Crippen molar-refractivity contribution >= 4 is 11.9 Å². The Morgan fingerprint density at radius 1 is 1.42 bits per heavy atom. The van der Waals surface area contributed by atoms with Crippen LogP contribution in [0.4, 0.5) is 5.82 Å². The van der Waals surface area contributed by atoms with Gasteiger partial charge in [0.2, 0.25) is 0 Å². The van der Waals surface area contributed by atoms with Crippen LogP contribution in [0.5, 0.6) is 0 Å². The van der Waals surface area contributed by atoms with Gasteiger partial charge in [-0.1, -0.05) is 18.2 Å². The number of H-pyrrole nitrogens is 1. The van der Waals surface area contributed by atoms with Crippen LogP contribution in [0.2, 0.25) is 0 Å². The number of anilines is 1. The van der Waals surface area contributed by atoms with E-state index in [4.69, 9.17) is 5.73 Å². The topological polar surface area (TPSA) is 54.7 Å². The number of nitrogen functional groups attached to an aromatic ring is 1. The molecule has 0 saturated carbocycles. The number of nitrogens with one attached hydrogen (secondary N) is 1. The molecule has 1 aromatic rings. The van der Waals surface area contributed by atoms with Crippen LogP contribution in [0.1, 0.15) is 18.2 Å². The van der Waals surface area contributed by atoms with Gasteiger partial charge in [0.05, 0.1) is 5.69 Å². The molecule has 0 atom stereocenters. The van der Waals surface area contributed by atoms with Crippen LogP contribution in [0.3, 0.4) is 0 Å². The zero-order chi connectivity index (χ0) is 8.97. The summed E-state index contributed by atoms with van der Waals surface area (Å²) >= 11 is 0. The highest BCUT2D eigenvalue weighted by atomic mass is 15.2. The van der Waals surface area contributed by atoms with Crippen molar-refractivity contribution in [2.24, 2.45) is 0 Å². The summed E-state index contributed by atoms with van der Waals surface area (Å²) in [5.74, 6) is 0.565. The third-order valence-electron chi connectivity index (χ3n) is 1.65. The van der Waals surface area contributed by atoms with Crippen LogP contribution in [0, 0.1) is 6.92 Å². The molecular formula is C9H13N3. The van der Waals surface area contributed by atoms with E-state index < -0.39 is 0 Å². The van der Waals surface area contributed by atoms with Crippen molar-refractivity contribution in [1.82, 2.24) is 10.2 Å². The van der Waals surface area contributed by atoms with Gasteiger partial charge in [-0.2, -0.15) is 5.10 Å². The largest absolute Gasteiger partial charge is 0.382 e. The Morgan fingerprint density at radius 2 is 2.17 bits per heavy atom. The SMILES string of the molecule is C/C=C\C=C/c1[nH]nc(N)c1C. The Hall–Kier alpha value is -1.51. The number of aromatic amines is 1. The molecule has 1 aromatic heterocycles. The number of allylic oxidation sites excluding steroid dienone is 3. The quantitative estimate of drug-likeness (QED) is 0.654. The van der Waals surface area contributed by atoms with E-state index in [2.05, 4.69) is 10.2 Å². The van der Waals surface area contributed by atoms with E-state index in [1.165, 1.54) is 0 Å². The predicted octanol–water partition coefficient (Wildman–Crippen LogP) is 1.89. The van der Waals surface area contributed by atoms with Gasteiger partial charge in [-0.3, -0.25) is 5.10 Å². The van der Waals surface area contributed by atoms with Gasteiger partial charge < -0.3 is 5.73 Å². The van der Waals surface area contributed by atoms with Gasteiger partial charge in [-0.05, 0) is 19.9 Å². The van der Waals surface area contributed by atoms with Gasteiger partial charge in [-0.25, -0.2) is 0 Å². The van der Waals surface area contributed by atoms with Gasteiger partial charge >= 0.3 is 0 Å². The summed E-state index contributed by atoms with van der Waals surface area (Å²) in [5, 5.41) is 6.71. The molecule has 0 aromatic carbocycles. The van der Waals surface area contributed by atoms with Gasteiger partial charge in [0.1, 0.15) is 5.82 Å². The van der Waals surface area contributed by atoms with Gasteiger partial charge in [0.15, 0.2) is 0 Å². The van der Waals surface area contributed by atoms with Crippen LogP contribution < -0.4 is 5.73 Å². The summed E-state index contributed by atoms with van der Waals surface area (Å²) in [6.07, 6.45) is 7.81. The second-order valence-electron chi connectivity index (χ2n) is 2.53. The first-order valence-corrected chi connectivity index (χ1v) is 3.85. The third kappa shape index (κ3) is 1.75. The molecule has 0 aliphatic heterocycles. The average Bonchev–Trinajstić information content (AvgIpc) is 2.36. The zero-order valence-electron chi connectivity index (χ0n) is 7.33. The minimum atomic E-state index is 0.565. The summed E-state index contributed by atoms with van der Waals surface area (Å²) in [7, 11) is 0. The van der Waals surface area contributed by atoms with E-state index >= 15 is 0 Å². The van der Waals surface area contributed by atoms with Crippen LogP contribution in [0.25, 0.3) is 6.08 Å². The molecule has 0 amide bonds. The first-order chi connectivity index (χ1) is 5.75. The highest BCUT2D eigenvalue weighted by molar-refractivity contribution is 5.56. The molecule has 3 heteroatoms. The Labute approximate surface area is 72.0 Å². The molecule has 3 nitrogen and oxygen atoms in total. The van der Waals surface area contributed by atoms with Crippen molar-refractivity contribution in [3.8, 4) is 0 Å². The first kappa shape index (κ1) is 8.59. The van der Waals surface area contributed by atoms with Crippen LogP contribution in [-0.4, -0.2) is 10.2 Å². The van der Waals surface area contributed by atoms with Crippen molar-refractivity contribution in [2.75, 3.05) is 5.73 Å². The second kappa shape index (κ2) is 3.76. The highest BCUT2D eigenvalue weighted by Crippen LogP contribution is 2.12. The lowest BCUT2D eigenvalue weighted by molar-refractivity contribution is 1.09. The minimum Gasteiger partial charge on any atom is -0.382 e. The molecule has 0 aliphatic rings. The Kier molecular flexibility index (Phi) is 2.69. The summed E-state index contributed by atoms with van der Waals surface area (Å²) in [5.41, 5.74) is 7.51. The third-order valence-corrected chi connectivity index (χ3v) is 1.65. The molecule has 0 spiro atoms. The summed E-state index contributed by atoms with van der Waals surface area (Å²) in [6, 6.07) is 0. The molecule has 0 aliphatic carbocycles. The maximum absolute atomic E-state index is 5.55. The second-order valence-corrected chi connectivity index (χ2v) is 2.53. The number of nitrogens with zero attached hydrogens (tertiary/aromatic N) is 1. The van der Waals surface area contributed by atoms with Gasteiger partial charge in [-0.15, -0.1) is 0 Å². The van der Waals surface area contributed by atoms with Crippen molar-refractivity contribution in [1.29, 1.82) is 0 Å². The van der Waals surface area contributed by atoms with E-state index in [0.29, 0.717) is 5.82 Å². The van der Waals surface area contributed by atoms with Crippen molar-refractivity contribution in [2.45, 2.75) is 13.8 Å². The van der Waals surface area contributed by atoms with Crippen LogP contribution in [0.15, 0.2) is 18.2 Å². The number of hydrogen-bond acceptors (Lipinski definition) is 2. The van der Waals surface area contributed by atoms with Crippen molar-refractivity contribution in [3.63, 3.8) is 0 Å². The van der Waals surface area contributed by atoms with Gasteiger partial charge in [0.25, 0.3) is 0 Å². The number of rotatable bonds is 2. The van der Waals surface area contributed by atoms with E-state index in [-0.39, 0.29) is 0 Å². The lowest BCUT2D eigenvalue weighted by Crippen LogP contribution is -1.85. The Bertz CT molecular complexity index is 308.